The van der Waals surface area contributed by atoms with Gasteiger partial charge < -0.3 is 4.74 Å². The summed E-state index contributed by atoms with van der Waals surface area (Å²) in [7, 11) is 1.31. The molecule has 5 nitrogen and oxygen atoms in total. The smallest absolute Gasteiger partial charge is 0.360 e. The van der Waals surface area contributed by atoms with Gasteiger partial charge in [-0.3, -0.25) is 0 Å². The van der Waals surface area contributed by atoms with Crippen molar-refractivity contribution in [3.05, 3.63) is 40.6 Å². The standard InChI is InChI=1S/C10H8BrN3O2/c1-16-10(15)8-6-14(13-12-8)9-5-3-2-4-7(9)11/h2-6H,1H3. The van der Waals surface area contributed by atoms with Gasteiger partial charge in [-0.15, -0.1) is 5.10 Å². The molecule has 16 heavy (non-hydrogen) atoms. The first-order valence-corrected chi connectivity index (χ1v) is 5.27. The van der Waals surface area contributed by atoms with Crippen LogP contribution in [-0.2, 0) is 4.74 Å². The number of rotatable bonds is 2. The highest BCUT2D eigenvalue weighted by atomic mass is 79.9. The molecule has 0 aliphatic rings. The van der Waals surface area contributed by atoms with Crippen molar-refractivity contribution in [2.24, 2.45) is 0 Å². The molecule has 0 saturated carbocycles. The van der Waals surface area contributed by atoms with E-state index >= 15 is 0 Å². The first-order chi connectivity index (χ1) is 7.72. The molecule has 0 fully saturated rings. The number of benzene rings is 1. The molecule has 1 aromatic heterocycles. The van der Waals surface area contributed by atoms with E-state index in [4.69, 9.17) is 0 Å². The number of aromatic nitrogens is 3. The van der Waals surface area contributed by atoms with E-state index in [-0.39, 0.29) is 5.69 Å². The first kappa shape index (κ1) is 10.8. The highest BCUT2D eigenvalue weighted by Crippen LogP contribution is 2.19. The molecule has 0 bridgehead atoms. The SMILES string of the molecule is COC(=O)c1cn(-c2ccccc2Br)nn1. The van der Waals surface area contributed by atoms with Gasteiger partial charge in [-0.1, -0.05) is 17.3 Å². The van der Waals surface area contributed by atoms with Crippen molar-refractivity contribution in [3.8, 4) is 5.69 Å². The van der Waals surface area contributed by atoms with E-state index < -0.39 is 5.97 Å². The Morgan fingerprint density at radius 1 is 1.44 bits per heavy atom. The van der Waals surface area contributed by atoms with Crippen LogP contribution in [-0.4, -0.2) is 28.1 Å². The zero-order valence-corrected chi connectivity index (χ0v) is 10.0. The van der Waals surface area contributed by atoms with Crippen molar-refractivity contribution in [2.75, 3.05) is 7.11 Å². The Bertz CT molecular complexity index is 524. The van der Waals surface area contributed by atoms with Gasteiger partial charge in [0.15, 0.2) is 5.69 Å². The molecule has 2 rings (SSSR count). The number of halogens is 1. The summed E-state index contributed by atoms with van der Waals surface area (Å²) in [6.07, 6.45) is 1.52. The summed E-state index contributed by atoms with van der Waals surface area (Å²) >= 11 is 3.39. The van der Waals surface area contributed by atoms with Gasteiger partial charge in [0.05, 0.1) is 19.0 Å². The number of carbonyl (C=O) groups excluding carboxylic acids is 1. The second-order valence-electron chi connectivity index (χ2n) is 2.99. The quantitative estimate of drug-likeness (QED) is 0.788. The van der Waals surface area contributed by atoms with Crippen LogP contribution in [0.4, 0.5) is 0 Å². The predicted molar refractivity (Wildman–Crippen MR) is 60.4 cm³/mol. The van der Waals surface area contributed by atoms with Crippen LogP contribution in [0.15, 0.2) is 34.9 Å². The number of carbonyl (C=O) groups is 1. The number of para-hydroxylation sites is 1. The van der Waals surface area contributed by atoms with E-state index in [1.807, 2.05) is 24.3 Å². The zero-order valence-electron chi connectivity index (χ0n) is 8.42. The van der Waals surface area contributed by atoms with Gasteiger partial charge in [-0.05, 0) is 28.1 Å². The molecular formula is C10H8BrN3O2. The molecule has 0 unspecified atom stereocenters. The fourth-order valence-corrected chi connectivity index (χ4v) is 1.68. The van der Waals surface area contributed by atoms with Crippen LogP contribution < -0.4 is 0 Å². The van der Waals surface area contributed by atoms with Crippen molar-refractivity contribution < 1.29 is 9.53 Å². The lowest BCUT2D eigenvalue weighted by molar-refractivity contribution is 0.0594. The molecule has 0 spiro atoms. The van der Waals surface area contributed by atoms with Crippen molar-refractivity contribution in [1.29, 1.82) is 0 Å². The van der Waals surface area contributed by atoms with Crippen LogP contribution in [0.3, 0.4) is 0 Å². The molecular weight excluding hydrogens is 274 g/mol. The molecule has 0 amide bonds. The number of methoxy groups -OCH3 is 1. The van der Waals surface area contributed by atoms with Gasteiger partial charge in [0.2, 0.25) is 0 Å². The molecule has 82 valence electrons. The number of hydrogen-bond donors (Lipinski definition) is 0. The van der Waals surface area contributed by atoms with E-state index in [0.29, 0.717) is 0 Å². The Balaban J connectivity index is 2.39. The van der Waals surface area contributed by atoms with Gasteiger partial charge in [0.1, 0.15) is 0 Å². The largest absolute Gasteiger partial charge is 0.464 e. The minimum atomic E-state index is -0.502. The zero-order chi connectivity index (χ0) is 11.5. The van der Waals surface area contributed by atoms with Crippen molar-refractivity contribution in [3.63, 3.8) is 0 Å². The average molecular weight is 282 g/mol. The van der Waals surface area contributed by atoms with Crippen molar-refractivity contribution >= 4 is 21.9 Å². The lowest BCUT2D eigenvalue weighted by Gasteiger charge is -2.01. The highest BCUT2D eigenvalue weighted by Gasteiger charge is 2.12. The van der Waals surface area contributed by atoms with Gasteiger partial charge in [0, 0.05) is 4.47 Å². The molecule has 0 saturated heterocycles. The third-order valence-corrected chi connectivity index (χ3v) is 2.66. The van der Waals surface area contributed by atoms with E-state index in [1.165, 1.54) is 18.0 Å². The molecule has 1 heterocycles. The summed E-state index contributed by atoms with van der Waals surface area (Å²) in [5, 5.41) is 7.57. The lowest BCUT2D eigenvalue weighted by Crippen LogP contribution is -2.01. The highest BCUT2D eigenvalue weighted by molar-refractivity contribution is 9.10. The van der Waals surface area contributed by atoms with Crippen molar-refractivity contribution in [1.82, 2.24) is 15.0 Å². The summed E-state index contributed by atoms with van der Waals surface area (Å²) in [5.74, 6) is -0.502. The molecule has 0 atom stereocenters. The van der Waals surface area contributed by atoms with Crippen LogP contribution in [0.5, 0.6) is 0 Å². The number of nitrogens with zero attached hydrogens (tertiary/aromatic N) is 3. The monoisotopic (exact) mass is 281 g/mol. The first-order valence-electron chi connectivity index (χ1n) is 4.48. The van der Waals surface area contributed by atoms with Crippen molar-refractivity contribution in [2.45, 2.75) is 0 Å². The van der Waals surface area contributed by atoms with Gasteiger partial charge in [0.25, 0.3) is 0 Å². The van der Waals surface area contributed by atoms with Crippen LogP contribution in [0.25, 0.3) is 5.69 Å². The van der Waals surface area contributed by atoms with E-state index in [9.17, 15) is 4.79 Å². The second kappa shape index (κ2) is 4.44. The number of ether oxygens (including phenoxy) is 1. The van der Waals surface area contributed by atoms with Crippen LogP contribution in [0.1, 0.15) is 10.5 Å². The third-order valence-electron chi connectivity index (χ3n) is 1.99. The minimum absolute atomic E-state index is 0.179. The maximum Gasteiger partial charge on any atom is 0.360 e. The fourth-order valence-electron chi connectivity index (χ4n) is 1.22. The summed E-state index contributed by atoms with van der Waals surface area (Å²) in [5.41, 5.74) is 0.989. The molecule has 0 aliphatic heterocycles. The topological polar surface area (TPSA) is 57.0 Å². The lowest BCUT2D eigenvalue weighted by atomic mass is 10.3. The van der Waals surface area contributed by atoms with Gasteiger partial charge >= 0.3 is 5.97 Å². The molecule has 6 heteroatoms. The number of hydrogen-bond acceptors (Lipinski definition) is 4. The van der Waals surface area contributed by atoms with Crippen LogP contribution >= 0.6 is 15.9 Å². The Morgan fingerprint density at radius 2 is 2.19 bits per heavy atom. The summed E-state index contributed by atoms with van der Waals surface area (Å²) < 4.78 is 6.93. The molecule has 0 N–H and O–H groups in total. The predicted octanol–water partition coefficient (Wildman–Crippen LogP) is 1.82. The Labute approximate surface area is 100 Å². The average Bonchev–Trinajstić information content (AvgIpc) is 2.78. The summed E-state index contributed by atoms with van der Waals surface area (Å²) in [6, 6.07) is 7.51. The Kier molecular flexibility index (Phi) is 3.00. The molecule has 1 aromatic carbocycles. The van der Waals surface area contributed by atoms with Gasteiger partial charge in [-0.25, -0.2) is 9.48 Å². The second-order valence-corrected chi connectivity index (χ2v) is 3.85. The fraction of sp³-hybridized carbons (Fsp3) is 0.100. The third kappa shape index (κ3) is 1.96. The van der Waals surface area contributed by atoms with E-state index in [1.54, 1.807) is 0 Å². The summed E-state index contributed by atoms with van der Waals surface area (Å²) in [6.45, 7) is 0. The van der Waals surface area contributed by atoms with Crippen LogP contribution in [0.2, 0.25) is 0 Å². The van der Waals surface area contributed by atoms with Crippen LogP contribution in [0, 0.1) is 0 Å². The summed E-state index contributed by atoms with van der Waals surface area (Å²) in [4.78, 5) is 11.2. The molecule has 0 aliphatic carbocycles. The number of esters is 1. The Morgan fingerprint density at radius 3 is 2.88 bits per heavy atom. The Hall–Kier alpha value is -1.69. The maximum absolute atomic E-state index is 11.2. The maximum atomic E-state index is 11.2. The van der Waals surface area contributed by atoms with E-state index in [2.05, 4.69) is 31.0 Å². The normalized spacial score (nSPS) is 10.1. The van der Waals surface area contributed by atoms with Gasteiger partial charge in [-0.2, -0.15) is 0 Å². The molecule has 2 aromatic rings. The van der Waals surface area contributed by atoms with E-state index in [0.717, 1.165) is 10.2 Å². The minimum Gasteiger partial charge on any atom is -0.464 e. The molecule has 0 radical (unpaired) electrons.